The lowest BCUT2D eigenvalue weighted by Gasteiger charge is -2.11. The minimum absolute atomic E-state index is 0.0577. The van der Waals surface area contributed by atoms with Crippen LogP contribution >= 0.6 is 11.3 Å². The van der Waals surface area contributed by atoms with Crippen LogP contribution in [0, 0.1) is 13.8 Å². The smallest absolute Gasteiger partial charge is 0.303 e. The minimum Gasteiger partial charge on any atom is -0.481 e. The van der Waals surface area contributed by atoms with Gasteiger partial charge in [0.05, 0.1) is 10.7 Å². The second-order valence-corrected chi connectivity index (χ2v) is 5.16. The molecule has 1 heterocycles. The van der Waals surface area contributed by atoms with Crippen molar-refractivity contribution in [1.82, 2.24) is 10.3 Å². The zero-order valence-electron chi connectivity index (χ0n) is 10.1. The number of carboxylic acids is 1. The number of carbonyl (C=O) groups is 2. The lowest BCUT2D eigenvalue weighted by Crippen LogP contribution is -2.32. The Kier molecular flexibility index (Phi) is 4.62. The molecule has 5 nitrogen and oxygen atoms in total. The Bertz CT molecular complexity index is 428. The van der Waals surface area contributed by atoms with Crippen LogP contribution in [0.1, 0.15) is 40.1 Å². The Balaban J connectivity index is 2.54. The molecule has 0 aliphatic heterocycles. The number of aromatic nitrogens is 1. The average Bonchev–Trinajstić information content (AvgIpc) is 2.55. The number of hydrogen-bond acceptors (Lipinski definition) is 4. The molecule has 0 unspecified atom stereocenters. The monoisotopic (exact) mass is 256 g/mol. The highest BCUT2D eigenvalue weighted by Gasteiger charge is 2.16. The van der Waals surface area contributed by atoms with E-state index in [2.05, 4.69) is 10.3 Å². The van der Waals surface area contributed by atoms with E-state index in [-0.39, 0.29) is 18.4 Å². The third kappa shape index (κ3) is 4.14. The van der Waals surface area contributed by atoms with Gasteiger partial charge in [-0.25, -0.2) is 4.98 Å². The topological polar surface area (TPSA) is 79.3 Å². The van der Waals surface area contributed by atoms with Crippen LogP contribution in [0.4, 0.5) is 0 Å². The fraction of sp³-hybridized carbons (Fsp3) is 0.545. The number of carbonyl (C=O) groups excluding carboxylic acids is 1. The Labute approximate surface area is 104 Å². The van der Waals surface area contributed by atoms with Gasteiger partial charge in [0.2, 0.25) is 0 Å². The summed E-state index contributed by atoms with van der Waals surface area (Å²) in [6.45, 7) is 5.44. The predicted octanol–water partition coefficient (Wildman–Crippen LogP) is 1.74. The number of rotatable bonds is 5. The van der Waals surface area contributed by atoms with E-state index in [0.29, 0.717) is 11.3 Å². The van der Waals surface area contributed by atoms with Crippen molar-refractivity contribution in [3.8, 4) is 0 Å². The normalized spacial score (nSPS) is 12.2. The first-order valence-corrected chi connectivity index (χ1v) is 6.18. The molecule has 1 aromatic heterocycles. The lowest BCUT2D eigenvalue weighted by atomic mass is 10.2. The van der Waals surface area contributed by atoms with Gasteiger partial charge in [-0.1, -0.05) is 0 Å². The number of aryl methyl sites for hydroxylation is 2. The summed E-state index contributed by atoms with van der Waals surface area (Å²) < 4.78 is 0. The SMILES string of the molecule is Cc1nc(C)c(C(=O)N[C@@H](C)CCC(=O)O)s1. The Hall–Kier alpha value is -1.43. The molecule has 0 aliphatic carbocycles. The molecule has 0 radical (unpaired) electrons. The standard InChI is InChI=1S/C11H16N2O3S/c1-6(4-5-9(14)15)12-11(16)10-7(2)13-8(3)17-10/h6H,4-5H2,1-3H3,(H,12,16)(H,14,15)/t6-/m0/s1. The van der Waals surface area contributed by atoms with Crippen LogP contribution in [0.2, 0.25) is 0 Å². The zero-order valence-corrected chi connectivity index (χ0v) is 10.9. The molecular formula is C11H16N2O3S. The molecule has 0 fully saturated rings. The van der Waals surface area contributed by atoms with Crippen LogP contribution in [-0.4, -0.2) is 28.0 Å². The van der Waals surface area contributed by atoms with Gasteiger partial charge in [0.25, 0.3) is 5.91 Å². The highest BCUT2D eigenvalue weighted by Crippen LogP contribution is 2.17. The van der Waals surface area contributed by atoms with Gasteiger partial charge < -0.3 is 10.4 Å². The van der Waals surface area contributed by atoms with Crippen LogP contribution < -0.4 is 5.32 Å². The van der Waals surface area contributed by atoms with Crippen molar-refractivity contribution in [3.05, 3.63) is 15.6 Å². The van der Waals surface area contributed by atoms with Gasteiger partial charge in [-0.05, 0) is 27.2 Å². The third-order valence-electron chi connectivity index (χ3n) is 2.28. The van der Waals surface area contributed by atoms with Crippen molar-refractivity contribution >= 4 is 23.2 Å². The summed E-state index contributed by atoms with van der Waals surface area (Å²) in [4.78, 5) is 27.0. The number of amides is 1. The molecule has 2 N–H and O–H groups in total. The second-order valence-electron chi connectivity index (χ2n) is 3.95. The van der Waals surface area contributed by atoms with E-state index >= 15 is 0 Å². The Morgan fingerprint density at radius 3 is 2.59 bits per heavy atom. The van der Waals surface area contributed by atoms with Gasteiger partial charge in [-0.3, -0.25) is 9.59 Å². The molecule has 0 saturated heterocycles. The molecule has 0 saturated carbocycles. The molecule has 17 heavy (non-hydrogen) atoms. The first kappa shape index (κ1) is 13.6. The predicted molar refractivity (Wildman–Crippen MR) is 65.4 cm³/mol. The van der Waals surface area contributed by atoms with Crippen molar-refractivity contribution in [3.63, 3.8) is 0 Å². The van der Waals surface area contributed by atoms with Crippen molar-refractivity contribution in [2.75, 3.05) is 0 Å². The molecule has 0 aliphatic rings. The van der Waals surface area contributed by atoms with Crippen LogP contribution in [0.3, 0.4) is 0 Å². The number of nitrogens with one attached hydrogen (secondary N) is 1. The number of thiazole rings is 1. The maximum absolute atomic E-state index is 11.8. The van der Waals surface area contributed by atoms with E-state index < -0.39 is 5.97 Å². The number of carboxylic acid groups (broad SMARTS) is 1. The molecule has 1 amide bonds. The fourth-order valence-corrected chi connectivity index (χ4v) is 2.27. The maximum Gasteiger partial charge on any atom is 0.303 e. The van der Waals surface area contributed by atoms with Gasteiger partial charge >= 0.3 is 5.97 Å². The first-order chi connectivity index (χ1) is 7.90. The third-order valence-corrected chi connectivity index (χ3v) is 3.35. The molecule has 0 aromatic carbocycles. The first-order valence-electron chi connectivity index (χ1n) is 5.37. The van der Waals surface area contributed by atoms with Crippen molar-refractivity contribution in [2.45, 2.75) is 39.7 Å². The van der Waals surface area contributed by atoms with Crippen LogP contribution in [0.5, 0.6) is 0 Å². The van der Waals surface area contributed by atoms with Crippen molar-refractivity contribution in [2.24, 2.45) is 0 Å². The van der Waals surface area contributed by atoms with Gasteiger partial charge in [-0.2, -0.15) is 0 Å². The van der Waals surface area contributed by atoms with Crippen LogP contribution in [0.25, 0.3) is 0 Å². The van der Waals surface area contributed by atoms with E-state index in [9.17, 15) is 9.59 Å². The summed E-state index contributed by atoms with van der Waals surface area (Å²) in [5.74, 6) is -1.03. The number of aliphatic carboxylic acids is 1. The fourth-order valence-electron chi connectivity index (χ4n) is 1.44. The summed E-state index contributed by atoms with van der Waals surface area (Å²) in [7, 11) is 0. The van der Waals surface area contributed by atoms with E-state index in [1.54, 1.807) is 13.8 Å². The van der Waals surface area contributed by atoms with Gasteiger partial charge in [0.1, 0.15) is 4.88 Å². The highest BCUT2D eigenvalue weighted by molar-refractivity contribution is 7.13. The van der Waals surface area contributed by atoms with E-state index in [4.69, 9.17) is 5.11 Å². The van der Waals surface area contributed by atoms with Crippen molar-refractivity contribution < 1.29 is 14.7 Å². The Morgan fingerprint density at radius 1 is 1.47 bits per heavy atom. The summed E-state index contributed by atoms with van der Waals surface area (Å²) in [6, 6.07) is -0.152. The minimum atomic E-state index is -0.851. The van der Waals surface area contributed by atoms with Crippen LogP contribution in [0.15, 0.2) is 0 Å². The molecule has 1 rings (SSSR count). The highest BCUT2D eigenvalue weighted by atomic mass is 32.1. The molecule has 6 heteroatoms. The summed E-state index contributed by atoms with van der Waals surface area (Å²) in [5.41, 5.74) is 0.718. The average molecular weight is 256 g/mol. The second kappa shape index (κ2) is 5.77. The van der Waals surface area contributed by atoms with E-state index in [1.165, 1.54) is 11.3 Å². The summed E-state index contributed by atoms with van der Waals surface area (Å²) >= 11 is 1.35. The molecular weight excluding hydrogens is 240 g/mol. The zero-order chi connectivity index (χ0) is 13.0. The van der Waals surface area contributed by atoms with Gasteiger partial charge in [0, 0.05) is 12.5 Å². The molecule has 1 atom stereocenters. The number of hydrogen-bond donors (Lipinski definition) is 2. The van der Waals surface area contributed by atoms with E-state index in [1.807, 2.05) is 6.92 Å². The van der Waals surface area contributed by atoms with E-state index in [0.717, 1.165) is 10.7 Å². The molecule has 1 aromatic rings. The number of nitrogens with zero attached hydrogens (tertiary/aromatic N) is 1. The lowest BCUT2D eigenvalue weighted by molar-refractivity contribution is -0.137. The molecule has 94 valence electrons. The van der Waals surface area contributed by atoms with Gasteiger partial charge in [0.15, 0.2) is 0 Å². The van der Waals surface area contributed by atoms with Gasteiger partial charge in [-0.15, -0.1) is 11.3 Å². The Morgan fingerprint density at radius 2 is 2.12 bits per heavy atom. The maximum atomic E-state index is 11.8. The van der Waals surface area contributed by atoms with Crippen LogP contribution in [-0.2, 0) is 4.79 Å². The van der Waals surface area contributed by atoms with Crippen molar-refractivity contribution in [1.29, 1.82) is 0 Å². The molecule has 0 spiro atoms. The summed E-state index contributed by atoms with van der Waals surface area (Å²) in [6.07, 6.45) is 0.486. The quantitative estimate of drug-likeness (QED) is 0.841. The molecule has 0 bridgehead atoms. The summed E-state index contributed by atoms with van der Waals surface area (Å²) in [5, 5.41) is 12.2. The largest absolute Gasteiger partial charge is 0.481 e.